The minimum atomic E-state index is -0.756. The minimum Gasteiger partial charge on any atom is -0.467 e. The van der Waals surface area contributed by atoms with Crippen LogP contribution in [0.25, 0.3) is 0 Å². The molecule has 0 spiro atoms. The lowest BCUT2D eigenvalue weighted by atomic mass is 9.88. The molecule has 1 aliphatic heterocycles. The van der Waals surface area contributed by atoms with E-state index in [9.17, 15) is 9.18 Å². The molecule has 0 aliphatic carbocycles. The van der Waals surface area contributed by atoms with E-state index in [1.165, 1.54) is 19.2 Å². The van der Waals surface area contributed by atoms with Crippen molar-refractivity contribution in [3.63, 3.8) is 0 Å². The van der Waals surface area contributed by atoms with Crippen LogP contribution in [0.2, 0.25) is 0 Å². The maximum atomic E-state index is 13.2. The third-order valence-corrected chi connectivity index (χ3v) is 3.24. The normalized spacial score (nSPS) is 18.1. The fourth-order valence-electron chi connectivity index (χ4n) is 2.27. The van der Waals surface area contributed by atoms with Crippen molar-refractivity contribution in [2.45, 2.75) is 18.4 Å². The van der Waals surface area contributed by atoms with Gasteiger partial charge < -0.3 is 15.4 Å². The van der Waals surface area contributed by atoms with E-state index >= 15 is 0 Å². The van der Waals surface area contributed by atoms with Gasteiger partial charge in [0.05, 0.1) is 7.11 Å². The Balaban J connectivity index is 2.22. The minimum absolute atomic E-state index is 0.298. The van der Waals surface area contributed by atoms with Crippen LogP contribution in [-0.4, -0.2) is 31.7 Å². The summed E-state index contributed by atoms with van der Waals surface area (Å²) in [5, 5.41) is 6.33. The first-order valence-electron chi connectivity index (χ1n) is 5.99. The lowest BCUT2D eigenvalue weighted by molar-refractivity contribution is -0.147. The van der Waals surface area contributed by atoms with Gasteiger partial charge in [0.25, 0.3) is 0 Å². The fourth-order valence-corrected chi connectivity index (χ4v) is 2.27. The average Bonchev–Trinajstić information content (AvgIpc) is 2.39. The van der Waals surface area contributed by atoms with E-state index in [2.05, 4.69) is 10.6 Å². The Labute approximate surface area is 106 Å². The zero-order chi connectivity index (χ0) is 13.0. The second kappa shape index (κ2) is 5.35. The quantitative estimate of drug-likeness (QED) is 0.801. The van der Waals surface area contributed by atoms with Crippen molar-refractivity contribution < 1.29 is 13.9 Å². The van der Waals surface area contributed by atoms with Gasteiger partial charge in [0.1, 0.15) is 11.4 Å². The topological polar surface area (TPSA) is 50.4 Å². The van der Waals surface area contributed by atoms with Gasteiger partial charge in [-0.1, -0.05) is 6.07 Å². The lowest BCUT2D eigenvalue weighted by Gasteiger charge is -2.36. The number of rotatable bonds is 3. The van der Waals surface area contributed by atoms with Gasteiger partial charge >= 0.3 is 5.97 Å². The van der Waals surface area contributed by atoms with E-state index in [-0.39, 0.29) is 11.8 Å². The SMILES string of the molecule is COC(=O)C1(Nc2cccc(F)c2)CCNCC1. The van der Waals surface area contributed by atoms with E-state index in [4.69, 9.17) is 4.74 Å². The monoisotopic (exact) mass is 252 g/mol. The Morgan fingerprint density at radius 2 is 2.17 bits per heavy atom. The van der Waals surface area contributed by atoms with E-state index < -0.39 is 5.54 Å². The summed E-state index contributed by atoms with van der Waals surface area (Å²) in [6, 6.07) is 6.12. The van der Waals surface area contributed by atoms with Crippen LogP contribution in [0.5, 0.6) is 0 Å². The Bertz CT molecular complexity index is 431. The molecule has 2 N–H and O–H groups in total. The molecule has 0 saturated carbocycles. The molecule has 0 amide bonds. The summed E-state index contributed by atoms with van der Waals surface area (Å²) in [7, 11) is 1.37. The van der Waals surface area contributed by atoms with Gasteiger partial charge in [-0.2, -0.15) is 0 Å². The Morgan fingerprint density at radius 3 is 2.78 bits per heavy atom. The van der Waals surface area contributed by atoms with Crippen LogP contribution in [0.15, 0.2) is 24.3 Å². The van der Waals surface area contributed by atoms with Crippen molar-refractivity contribution in [1.29, 1.82) is 0 Å². The maximum Gasteiger partial charge on any atom is 0.331 e. The molecule has 1 heterocycles. The number of esters is 1. The predicted octanol–water partition coefficient (Wildman–Crippen LogP) is 1.53. The summed E-state index contributed by atoms with van der Waals surface area (Å²) >= 11 is 0. The van der Waals surface area contributed by atoms with Gasteiger partial charge in [0.2, 0.25) is 0 Å². The second-order valence-corrected chi connectivity index (χ2v) is 4.46. The number of nitrogens with one attached hydrogen (secondary N) is 2. The first-order chi connectivity index (χ1) is 8.66. The van der Waals surface area contributed by atoms with Crippen LogP contribution in [0, 0.1) is 5.82 Å². The van der Waals surface area contributed by atoms with Crippen molar-refractivity contribution >= 4 is 11.7 Å². The van der Waals surface area contributed by atoms with Crippen molar-refractivity contribution in [2.24, 2.45) is 0 Å². The van der Waals surface area contributed by atoms with Crippen molar-refractivity contribution in [1.82, 2.24) is 5.32 Å². The molecule has 98 valence electrons. The highest BCUT2D eigenvalue weighted by atomic mass is 19.1. The summed E-state index contributed by atoms with van der Waals surface area (Å²) in [4.78, 5) is 12.0. The van der Waals surface area contributed by atoms with Gasteiger partial charge in [-0.3, -0.25) is 0 Å². The van der Waals surface area contributed by atoms with Gasteiger partial charge in [-0.25, -0.2) is 9.18 Å². The molecular formula is C13H17FN2O2. The van der Waals surface area contributed by atoms with E-state index in [0.717, 1.165) is 13.1 Å². The molecule has 4 nitrogen and oxygen atoms in total. The number of hydrogen-bond donors (Lipinski definition) is 2. The van der Waals surface area contributed by atoms with Crippen molar-refractivity contribution in [3.05, 3.63) is 30.1 Å². The van der Waals surface area contributed by atoms with Gasteiger partial charge in [-0.05, 0) is 44.1 Å². The number of hydrogen-bond acceptors (Lipinski definition) is 4. The number of piperidine rings is 1. The highest BCUT2D eigenvalue weighted by Gasteiger charge is 2.40. The molecule has 18 heavy (non-hydrogen) atoms. The van der Waals surface area contributed by atoms with Crippen LogP contribution >= 0.6 is 0 Å². The molecule has 0 unspecified atom stereocenters. The summed E-state index contributed by atoms with van der Waals surface area (Å²) in [6.45, 7) is 1.47. The number of halogens is 1. The first kappa shape index (κ1) is 12.8. The molecular weight excluding hydrogens is 235 g/mol. The third kappa shape index (κ3) is 2.61. The van der Waals surface area contributed by atoms with Gasteiger partial charge in [-0.15, -0.1) is 0 Å². The van der Waals surface area contributed by atoms with E-state index in [0.29, 0.717) is 18.5 Å². The highest BCUT2D eigenvalue weighted by Crippen LogP contribution is 2.26. The largest absolute Gasteiger partial charge is 0.467 e. The van der Waals surface area contributed by atoms with Crippen molar-refractivity contribution in [3.8, 4) is 0 Å². The number of anilines is 1. The molecule has 1 fully saturated rings. The van der Waals surface area contributed by atoms with E-state index in [1.54, 1.807) is 12.1 Å². The Hall–Kier alpha value is -1.62. The Morgan fingerprint density at radius 1 is 1.44 bits per heavy atom. The second-order valence-electron chi connectivity index (χ2n) is 4.46. The molecule has 1 aromatic carbocycles. The van der Waals surface area contributed by atoms with Gasteiger partial charge in [0.15, 0.2) is 0 Å². The molecule has 0 bridgehead atoms. The molecule has 5 heteroatoms. The smallest absolute Gasteiger partial charge is 0.331 e. The molecule has 0 atom stereocenters. The lowest BCUT2D eigenvalue weighted by Crippen LogP contribution is -2.54. The molecule has 0 aromatic heterocycles. The van der Waals surface area contributed by atoms with Crippen LogP contribution in [-0.2, 0) is 9.53 Å². The van der Waals surface area contributed by atoms with Crippen molar-refractivity contribution in [2.75, 3.05) is 25.5 Å². The summed E-state index contributed by atoms with van der Waals surface area (Å²) in [6.07, 6.45) is 1.24. The van der Waals surface area contributed by atoms with Gasteiger partial charge in [0, 0.05) is 5.69 Å². The molecule has 0 radical (unpaired) electrons. The number of methoxy groups -OCH3 is 1. The number of benzene rings is 1. The average molecular weight is 252 g/mol. The molecule has 1 saturated heterocycles. The zero-order valence-electron chi connectivity index (χ0n) is 10.3. The molecule has 1 aliphatic rings. The van der Waals surface area contributed by atoms with Crippen LogP contribution < -0.4 is 10.6 Å². The Kier molecular flexibility index (Phi) is 3.81. The first-order valence-corrected chi connectivity index (χ1v) is 5.99. The van der Waals surface area contributed by atoms with Crippen LogP contribution in [0.1, 0.15) is 12.8 Å². The summed E-state index contributed by atoms with van der Waals surface area (Å²) < 4.78 is 18.0. The summed E-state index contributed by atoms with van der Waals surface area (Å²) in [5.41, 5.74) is -0.157. The number of carbonyl (C=O) groups excluding carboxylic acids is 1. The zero-order valence-corrected chi connectivity index (χ0v) is 10.3. The van der Waals surface area contributed by atoms with Crippen LogP contribution in [0.4, 0.5) is 10.1 Å². The van der Waals surface area contributed by atoms with E-state index in [1.807, 2.05) is 0 Å². The fraction of sp³-hybridized carbons (Fsp3) is 0.462. The number of carbonyl (C=O) groups is 1. The molecule has 1 aromatic rings. The standard InChI is InChI=1S/C13H17FN2O2/c1-18-12(17)13(5-7-15-8-6-13)16-11-4-2-3-10(14)9-11/h2-4,9,15-16H,5-8H2,1H3. The third-order valence-electron chi connectivity index (χ3n) is 3.24. The molecule has 2 rings (SSSR count). The maximum absolute atomic E-state index is 13.2. The predicted molar refractivity (Wildman–Crippen MR) is 66.9 cm³/mol. The summed E-state index contributed by atoms with van der Waals surface area (Å²) in [5.74, 6) is -0.623. The van der Waals surface area contributed by atoms with Crippen LogP contribution in [0.3, 0.4) is 0 Å². The highest BCUT2D eigenvalue weighted by molar-refractivity contribution is 5.84. The number of ether oxygens (including phenoxy) is 1.